The average Bonchev–Trinajstić information content (AvgIpc) is 4.00. The standard InChI is InChI=1S/C69H44N2O/c1-3-13-45(14-4-1)47-25-27-49(28-26-47)54-43-64(50-31-29-48(30-32-50)46-15-5-2-6-16-46)70-65(44-54)51-33-37-55(38-34-51)71-66-23-9-7-17-60(66)62-41-52(35-39-67(62)71)56-19-11-22-59-57(20-12-21-58(56)59)53-36-40-69-63(42-53)61-18-8-10-24-68(61)72-69/h1-44H. The Morgan fingerprint density at radius 3 is 1.31 bits per heavy atom. The Hall–Kier alpha value is -9.57. The van der Waals surface area contributed by atoms with Crippen molar-refractivity contribution in [2.45, 2.75) is 0 Å². The van der Waals surface area contributed by atoms with Crippen LogP contribution in [0, 0.1) is 0 Å². The van der Waals surface area contributed by atoms with Gasteiger partial charge in [0, 0.05) is 38.4 Å². The van der Waals surface area contributed by atoms with Crippen molar-refractivity contribution < 1.29 is 4.42 Å². The first-order valence-corrected chi connectivity index (χ1v) is 24.6. The van der Waals surface area contributed by atoms with E-state index in [-0.39, 0.29) is 0 Å². The van der Waals surface area contributed by atoms with Crippen LogP contribution in [0.5, 0.6) is 0 Å². The van der Waals surface area contributed by atoms with Crippen molar-refractivity contribution in [3.05, 3.63) is 267 Å². The van der Waals surface area contributed by atoms with Crippen molar-refractivity contribution in [3.8, 4) is 83.8 Å². The van der Waals surface area contributed by atoms with Crippen molar-refractivity contribution in [3.63, 3.8) is 0 Å². The van der Waals surface area contributed by atoms with E-state index in [1.54, 1.807) is 0 Å². The lowest BCUT2D eigenvalue weighted by Gasteiger charge is -2.13. The van der Waals surface area contributed by atoms with Crippen LogP contribution in [0.3, 0.4) is 0 Å². The smallest absolute Gasteiger partial charge is 0.135 e. The van der Waals surface area contributed by atoms with Gasteiger partial charge in [-0.3, -0.25) is 0 Å². The number of hydrogen-bond acceptors (Lipinski definition) is 2. The van der Waals surface area contributed by atoms with E-state index in [0.29, 0.717) is 0 Å². The molecule has 0 amide bonds. The van der Waals surface area contributed by atoms with Crippen LogP contribution in [0.4, 0.5) is 0 Å². The molecule has 11 aromatic carbocycles. The first-order chi connectivity index (χ1) is 35.7. The zero-order valence-electron chi connectivity index (χ0n) is 39.2. The number of furan rings is 1. The molecule has 3 heteroatoms. The van der Waals surface area contributed by atoms with E-state index in [0.717, 1.165) is 66.8 Å². The summed E-state index contributed by atoms with van der Waals surface area (Å²) in [6, 6.07) is 96.0. The highest BCUT2D eigenvalue weighted by molar-refractivity contribution is 6.13. The second-order valence-corrected chi connectivity index (χ2v) is 18.7. The van der Waals surface area contributed by atoms with Crippen LogP contribution in [-0.4, -0.2) is 9.55 Å². The van der Waals surface area contributed by atoms with Gasteiger partial charge in [-0.15, -0.1) is 0 Å². The van der Waals surface area contributed by atoms with E-state index in [1.165, 1.54) is 71.6 Å². The minimum absolute atomic E-state index is 0.906. The van der Waals surface area contributed by atoms with E-state index in [2.05, 4.69) is 259 Å². The summed E-state index contributed by atoms with van der Waals surface area (Å²) in [5, 5.41) is 7.15. The molecular formula is C69H44N2O. The molecule has 0 N–H and O–H groups in total. The van der Waals surface area contributed by atoms with Crippen LogP contribution < -0.4 is 0 Å². The van der Waals surface area contributed by atoms with Crippen LogP contribution in [-0.2, 0) is 0 Å². The maximum absolute atomic E-state index is 6.18. The van der Waals surface area contributed by atoms with Gasteiger partial charge in [0.25, 0.3) is 0 Å². The monoisotopic (exact) mass is 916 g/mol. The van der Waals surface area contributed by atoms with Gasteiger partial charge in [-0.2, -0.15) is 0 Å². The molecule has 3 heterocycles. The molecular weight excluding hydrogens is 873 g/mol. The van der Waals surface area contributed by atoms with Crippen LogP contribution in [0.15, 0.2) is 271 Å². The Balaban J connectivity index is 0.835. The zero-order chi connectivity index (χ0) is 47.5. The number of hydrogen-bond donors (Lipinski definition) is 0. The zero-order valence-corrected chi connectivity index (χ0v) is 39.2. The van der Waals surface area contributed by atoms with Crippen molar-refractivity contribution >= 4 is 54.5 Å². The minimum atomic E-state index is 0.906. The third-order valence-corrected chi connectivity index (χ3v) is 14.5. The van der Waals surface area contributed by atoms with Crippen LogP contribution in [0.1, 0.15) is 0 Å². The number of aromatic nitrogens is 2. The molecule has 0 radical (unpaired) electrons. The Kier molecular flexibility index (Phi) is 9.85. The molecule has 0 atom stereocenters. The fraction of sp³-hybridized carbons (Fsp3) is 0. The minimum Gasteiger partial charge on any atom is -0.456 e. The molecule has 336 valence electrons. The van der Waals surface area contributed by atoms with Crippen molar-refractivity contribution in [1.29, 1.82) is 0 Å². The molecule has 3 aromatic heterocycles. The van der Waals surface area contributed by atoms with Gasteiger partial charge in [-0.1, -0.05) is 206 Å². The number of benzene rings is 11. The number of para-hydroxylation sites is 2. The molecule has 0 saturated carbocycles. The number of fused-ring (bicyclic) bond motifs is 7. The molecule has 0 spiro atoms. The van der Waals surface area contributed by atoms with Crippen LogP contribution in [0.25, 0.3) is 138 Å². The SMILES string of the molecule is c1ccc(-c2ccc(-c3cc(-c4ccc(-c5ccccc5)cc4)nc(-c4ccc(-n5c6ccccc6c6cc(-c7cccc8c(-c9ccc%10oc%11ccccc%11c%10c9)cccc78)ccc65)cc4)c3)cc2)cc1. The summed E-state index contributed by atoms with van der Waals surface area (Å²) in [7, 11) is 0. The molecule has 0 aliphatic heterocycles. The summed E-state index contributed by atoms with van der Waals surface area (Å²) in [5.74, 6) is 0. The third-order valence-electron chi connectivity index (χ3n) is 14.5. The lowest BCUT2D eigenvalue weighted by Crippen LogP contribution is -1.95. The van der Waals surface area contributed by atoms with E-state index in [1.807, 2.05) is 12.1 Å². The normalized spacial score (nSPS) is 11.6. The maximum atomic E-state index is 6.18. The molecule has 0 saturated heterocycles. The summed E-state index contributed by atoms with van der Waals surface area (Å²) in [6.07, 6.45) is 0. The highest BCUT2D eigenvalue weighted by atomic mass is 16.3. The van der Waals surface area contributed by atoms with E-state index in [4.69, 9.17) is 9.40 Å². The van der Waals surface area contributed by atoms with E-state index < -0.39 is 0 Å². The van der Waals surface area contributed by atoms with Gasteiger partial charge in [-0.25, -0.2) is 4.98 Å². The summed E-state index contributed by atoms with van der Waals surface area (Å²) in [6.45, 7) is 0. The third kappa shape index (κ3) is 7.18. The lowest BCUT2D eigenvalue weighted by molar-refractivity contribution is 0.669. The molecule has 14 aromatic rings. The van der Waals surface area contributed by atoms with Crippen molar-refractivity contribution in [2.75, 3.05) is 0 Å². The van der Waals surface area contributed by atoms with Gasteiger partial charge in [0.1, 0.15) is 11.2 Å². The molecule has 72 heavy (non-hydrogen) atoms. The Morgan fingerprint density at radius 2 is 0.681 bits per heavy atom. The second kappa shape index (κ2) is 17.1. The molecule has 14 rings (SSSR count). The average molecular weight is 917 g/mol. The first-order valence-electron chi connectivity index (χ1n) is 24.6. The van der Waals surface area contributed by atoms with Gasteiger partial charge in [0.2, 0.25) is 0 Å². The molecule has 3 nitrogen and oxygen atoms in total. The number of nitrogens with zero attached hydrogens (tertiary/aromatic N) is 2. The largest absolute Gasteiger partial charge is 0.456 e. The van der Waals surface area contributed by atoms with Gasteiger partial charge < -0.3 is 8.98 Å². The second-order valence-electron chi connectivity index (χ2n) is 18.7. The molecule has 0 aliphatic rings. The summed E-state index contributed by atoms with van der Waals surface area (Å²) in [4.78, 5) is 5.35. The maximum Gasteiger partial charge on any atom is 0.135 e. The quantitative estimate of drug-likeness (QED) is 0.152. The Labute approximate surface area is 417 Å². The van der Waals surface area contributed by atoms with Gasteiger partial charge >= 0.3 is 0 Å². The van der Waals surface area contributed by atoms with Crippen molar-refractivity contribution in [1.82, 2.24) is 9.55 Å². The molecule has 0 fully saturated rings. The van der Waals surface area contributed by atoms with Gasteiger partial charge in [0.05, 0.1) is 22.4 Å². The van der Waals surface area contributed by atoms with Crippen LogP contribution >= 0.6 is 0 Å². The molecule has 0 aliphatic carbocycles. The van der Waals surface area contributed by atoms with Crippen LogP contribution in [0.2, 0.25) is 0 Å². The fourth-order valence-corrected chi connectivity index (χ4v) is 10.8. The summed E-state index contributed by atoms with van der Waals surface area (Å²) < 4.78 is 8.58. The van der Waals surface area contributed by atoms with E-state index >= 15 is 0 Å². The Bertz CT molecular complexity index is 4240. The van der Waals surface area contributed by atoms with Crippen molar-refractivity contribution in [2.24, 2.45) is 0 Å². The number of rotatable bonds is 8. The summed E-state index contributed by atoms with van der Waals surface area (Å²) in [5.41, 5.74) is 21.0. The highest BCUT2D eigenvalue weighted by Crippen LogP contribution is 2.41. The Morgan fingerprint density at radius 1 is 0.250 bits per heavy atom. The predicted octanol–water partition coefficient (Wildman–Crippen LogP) is 18.9. The highest BCUT2D eigenvalue weighted by Gasteiger charge is 2.17. The van der Waals surface area contributed by atoms with Gasteiger partial charge in [-0.05, 0) is 127 Å². The predicted molar refractivity (Wildman–Crippen MR) is 301 cm³/mol. The van der Waals surface area contributed by atoms with E-state index in [9.17, 15) is 0 Å². The fourth-order valence-electron chi connectivity index (χ4n) is 10.8. The molecule has 0 unspecified atom stereocenters. The van der Waals surface area contributed by atoms with Gasteiger partial charge in [0.15, 0.2) is 0 Å². The topological polar surface area (TPSA) is 31.0 Å². The molecule has 0 bridgehead atoms. The summed E-state index contributed by atoms with van der Waals surface area (Å²) >= 11 is 0. The first kappa shape index (κ1) is 41.4. The number of pyridine rings is 1. The lowest BCUT2D eigenvalue weighted by atomic mass is 9.92.